The van der Waals surface area contributed by atoms with Crippen LogP contribution in [0.2, 0.25) is 0 Å². The van der Waals surface area contributed by atoms with E-state index in [-0.39, 0.29) is 5.69 Å². The molecule has 0 atom stereocenters. The molecule has 1 rings (SSSR count). The van der Waals surface area contributed by atoms with E-state index in [1.165, 1.54) is 0 Å². The highest BCUT2D eigenvalue weighted by Crippen LogP contribution is 2.11. The summed E-state index contributed by atoms with van der Waals surface area (Å²) in [4.78, 5) is 17.4. The molecule has 0 aliphatic heterocycles. The molecule has 0 fully saturated rings. The molecule has 0 amide bonds. The van der Waals surface area contributed by atoms with Crippen molar-refractivity contribution in [3.8, 4) is 0 Å². The zero-order valence-electron chi connectivity index (χ0n) is 9.93. The Morgan fingerprint density at radius 2 is 2.31 bits per heavy atom. The van der Waals surface area contributed by atoms with Gasteiger partial charge in [0.25, 0.3) is 0 Å². The van der Waals surface area contributed by atoms with Gasteiger partial charge in [0.05, 0.1) is 12.9 Å². The predicted octanol–water partition coefficient (Wildman–Crippen LogP) is 0.204. The predicted molar refractivity (Wildman–Crippen MR) is 61.1 cm³/mol. The third kappa shape index (κ3) is 2.96. The van der Waals surface area contributed by atoms with Crippen molar-refractivity contribution >= 4 is 11.8 Å². The number of anilines is 1. The summed E-state index contributed by atoms with van der Waals surface area (Å²) in [6, 6.07) is 0. The van der Waals surface area contributed by atoms with Crippen molar-refractivity contribution in [2.45, 2.75) is 13.5 Å². The van der Waals surface area contributed by atoms with Gasteiger partial charge >= 0.3 is 5.97 Å². The van der Waals surface area contributed by atoms with Gasteiger partial charge in [0.1, 0.15) is 5.82 Å². The Morgan fingerprint density at radius 1 is 1.62 bits per heavy atom. The van der Waals surface area contributed by atoms with E-state index in [1.807, 2.05) is 19.0 Å². The van der Waals surface area contributed by atoms with E-state index in [9.17, 15) is 4.79 Å². The van der Waals surface area contributed by atoms with Crippen molar-refractivity contribution in [3.05, 3.63) is 12.0 Å². The van der Waals surface area contributed by atoms with Crippen LogP contribution in [0.25, 0.3) is 0 Å². The maximum atomic E-state index is 11.4. The average Bonchev–Trinajstić information content (AvgIpc) is 2.57. The Kier molecular flexibility index (Phi) is 4.30. The van der Waals surface area contributed by atoms with Gasteiger partial charge in [-0.25, -0.2) is 9.78 Å². The number of hydrogen-bond donors (Lipinski definition) is 1. The summed E-state index contributed by atoms with van der Waals surface area (Å²) >= 11 is 0. The van der Waals surface area contributed by atoms with Crippen LogP contribution < -0.4 is 5.73 Å². The second kappa shape index (κ2) is 5.50. The lowest BCUT2D eigenvalue weighted by Gasteiger charge is -2.10. The lowest BCUT2D eigenvalue weighted by molar-refractivity contribution is 0.0521. The minimum absolute atomic E-state index is 0.195. The van der Waals surface area contributed by atoms with Crippen LogP contribution in [0.3, 0.4) is 0 Å². The fraction of sp³-hybridized carbons (Fsp3) is 0.600. The van der Waals surface area contributed by atoms with Gasteiger partial charge in [0, 0.05) is 13.1 Å². The van der Waals surface area contributed by atoms with E-state index in [4.69, 9.17) is 10.5 Å². The Labute approximate surface area is 95.0 Å². The maximum absolute atomic E-state index is 11.4. The third-order valence-corrected chi connectivity index (χ3v) is 2.14. The molecule has 1 aromatic heterocycles. The van der Waals surface area contributed by atoms with Crippen LogP contribution >= 0.6 is 0 Å². The van der Waals surface area contributed by atoms with Crippen molar-refractivity contribution < 1.29 is 9.53 Å². The zero-order chi connectivity index (χ0) is 12.1. The highest BCUT2D eigenvalue weighted by molar-refractivity contribution is 5.92. The van der Waals surface area contributed by atoms with Crippen molar-refractivity contribution in [1.82, 2.24) is 14.5 Å². The van der Waals surface area contributed by atoms with Crippen LogP contribution in [0.4, 0.5) is 5.82 Å². The molecule has 0 radical (unpaired) electrons. The number of nitrogens with zero attached hydrogens (tertiary/aromatic N) is 3. The summed E-state index contributed by atoms with van der Waals surface area (Å²) in [5.41, 5.74) is 6.00. The molecule has 0 aromatic carbocycles. The van der Waals surface area contributed by atoms with Crippen LogP contribution in [0.1, 0.15) is 17.4 Å². The van der Waals surface area contributed by atoms with E-state index in [1.54, 1.807) is 17.8 Å². The molecule has 2 N–H and O–H groups in total. The van der Waals surface area contributed by atoms with Gasteiger partial charge in [-0.1, -0.05) is 0 Å². The smallest absolute Gasteiger partial charge is 0.360 e. The van der Waals surface area contributed by atoms with E-state index in [0.717, 1.165) is 6.54 Å². The SMILES string of the molecule is CCOC(=O)c1ncn(CCN(C)C)c1N. The first-order chi connectivity index (χ1) is 7.56. The van der Waals surface area contributed by atoms with Gasteiger partial charge in [-0.05, 0) is 21.0 Å². The van der Waals surface area contributed by atoms with E-state index in [2.05, 4.69) is 4.98 Å². The number of carbonyl (C=O) groups excluding carboxylic acids is 1. The maximum Gasteiger partial charge on any atom is 0.360 e. The Hall–Kier alpha value is -1.56. The van der Waals surface area contributed by atoms with Crippen LogP contribution in [0, 0.1) is 0 Å². The summed E-state index contributed by atoms with van der Waals surface area (Å²) in [5, 5.41) is 0. The fourth-order valence-corrected chi connectivity index (χ4v) is 1.23. The standard InChI is InChI=1S/C10H18N4O2/c1-4-16-10(15)8-9(11)14(7-12-8)6-5-13(2)3/h7H,4-6,11H2,1-3H3. The molecule has 0 saturated carbocycles. The molecule has 0 aliphatic carbocycles. The highest BCUT2D eigenvalue weighted by atomic mass is 16.5. The number of esters is 1. The summed E-state index contributed by atoms with van der Waals surface area (Å²) < 4.78 is 6.58. The van der Waals surface area contributed by atoms with Gasteiger partial charge < -0.3 is 19.9 Å². The molecule has 16 heavy (non-hydrogen) atoms. The summed E-state index contributed by atoms with van der Waals surface area (Å²) in [5.74, 6) is -0.107. The van der Waals surface area contributed by atoms with Crippen LogP contribution in [-0.4, -0.2) is 47.7 Å². The minimum atomic E-state index is -0.469. The number of imidazole rings is 1. The molecule has 0 saturated heterocycles. The highest BCUT2D eigenvalue weighted by Gasteiger charge is 2.16. The first kappa shape index (κ1) is 12.5. The molecule has 0 spiro atoms. The number of likely N-dealkylation sites (N-methyl/N-ethyl adjacent to an activating group) is 1. The van der Waals surface area contributed by atoms with E-state index < -0.39 is 5.97 Å². The lowest BCUT2D eigenvalue weighted by atomic mass is 10.4. The Bertz CT molecular complexity index is 360. The normalized spacial score (nSPS) is 10.8. The van der Waals surface area contributed by atoms with Gasteiger partial charge in [0.15, 0.2) is 5.69 Å². The van der Waals surface area contributed by atoms with Crippen molar-refractivity contribution in [2.75, 3.05) is 33.0 Å². The second-order valence-electron chi connectivity index (χ2n) is 3.70. The topological polar surface area (TPSA) is 73.4 Å². The van der Waals surface area contributed by atoms with Crippen molar-refractivity contribution in [2.24, 2.45) is 0 Å². The minimum Gasteiger partial charge on any atom is -0.461 e. The van der Waals surface area contributed by atoms with E-state index >= 15 is 0 Å². The fourth-order valence-electron chi connectivity index (χ4n) is 1.23. The molecule has 90 valence electrons. The largest absolute Gasteiger partial charge is 0.461 e. The Morgan fingerprint density at radius 3 is 2.88 bits per heavy atom. The average molecular weight is 226 g/mol. The molecule has 6 heteroatoms. The molecule has 0 aliphatic rings. The quantitative estimate of drug-likeness (QED) is 0.726. The number of rotatable bonds is 5. The number of hydrogen-bond acceptors (Lipinski definition) is 5. The lowest BCUT2D eigenvalue weighted by Crippen LogP contribution is -2.19. The Balaban J connectivity index is 2.72. The first-order valence-electron chi connectivity index (χ1n) is 5.18. The number of nitrogens with two attached hydrogens (primary N) is 1. The third-order valence-electron chi connectivity index (χ3n) is 2.14. The van der Waals surface area contributed by atoms with Gasteiger partial charge in [0.2, 0.25) is 0 Å². The number of nitrogen functional groups attached to an aromatic ring is 1. The molecule has 6 nitrogen and oxygen atoms in total. The van der Waals surface area contributed by atoms with Crippen molar-refractivity contribution in [3.63, 3.8) is 0 Å². The van der Waals surface area contributed by atoms with E-state index in [0.29, 0.717) is 19.0 Å². The molecular weight excluding hydrogens is 208 g/mol. The zero-order valence-corrected chi connectivity index (χ0v) is 9.93. The second-order valence-corrected chi connectivity index (χ2v) is 3.70. The molecule has 1 aromatic rings. The molecule has 0 bridgehead atoms. The first-order valence-corrected chi connectivity index (χ1v) is 5.18. The van der Waals surface area contributed by atoms with Crippen LogP contribution in [0.15, 0.2) is 6.33 Å². The molecule has 1 heterocycles. The molecule has 0 unspecified atom stereocenters. The summed E-state index contributed by atoms with van der Waals surface area (Å²) in [7, 11) is 3.94. The van der Waals surface area contributed by atoms with Gasteiger partial charge in [-0.3, -0.25) is 0 Å². The van der Waals surface area contributed by atoms with Gasteiger partial charge in [-0.2, -0.15) is 0 Å². The number of ether oxygens (including phenoxy) is 1. The summed E-state index contributed by atoms with van der Waals surface area (Å²) in [6.45, 7) is 3.61. The summed E-state index contributed by atoms with van der Waals surface area (Å²) in [6.07, 6.45) is 1.56. The number of aromatic nitrogens is 2. The van der Waals surface area contributed by atoms with Gasteiger partial charge in [-0.15, -0.1) is 0 Å². The van der Waals surface area contributed by atoms with Crippen LogP contribution in [-0.2, 0) is 11.3 Å². The number of carbonyl (C=O) groups is 1. The van der Waals surface area contributed by atoms with Crippen LogP contribution in [0.5, 0.6) is 0 Å². The molecular formula is C10H18N4O2. The monoisotopic (exact) mass is 226 g/mol. The van der Waals surface area contributed by atoms with Crippen molar-refractivity contribution in [1.29, 1.82) is 0 Å².